The second-order valence-electron chi connectivity index (χ2n) is 3.66. The molecule has 0 N–H and O–H groups in total. The molecular formula is C22H48O6. The molecule has 28 heavy (non-hydrogen) atoms. The fraction of sp³-hybridized carbons (Fsp3) is 0.773. The molecule has 0 unspecified atom stereocenters. The van der Waals surface area contributed by atoms with Gasteiger partial charge in [0.05, 0.1) is 12.8 Å². The van der Waals surface area contributed by atoms with E-state index >= 15 is 0 Å². The third-order valence-corrected chi connectivity index (χ3v) is 1.93. The molecule has 6 nitrogen and oxygen atoms in total. The molecule has 0 aromatic carbocycles. The van der Waals surface area contributed by atoms with Gasteiger partial charge in [-0.15, -0.1) is 0 Å². The van der Waals surface area contributed by atoms with E-state index in [4.69, 9.17) is 0 Å². The first kappa shape index (κ1) is 40.7. The van der Waals surface area contributed by atoms with Crippen LogP contribution in [0.2, 0.25) is 0 Å². The summed E-state index contributed by atoms with van der Waals surface area (Å²) in [5.74, 6) is -1.02. The molecule has 0 saturated heterocycles. The van der Waals surface area contributed by atoms with Crippen LogP contribution < -0.4 is 0 Å². The van der Waals surface area contributed by atoms with E-state index in [2.05, 4.69) is 34.6 Å². The molecule has 0 aliphatic carbocycles. The number of rotatable bonds is 10. The maximum absolute atomic E-state index is 11.0. The Morgan fingerprint density at radius 2 is 1.14 bits per heavy atom. The lowest BCUT2D eigenvalue weighted by Gasteiger charge is -2.03. The molecular weight excluding hydrogens is 360 g/mol. The largest absolute Gasteiger partial charge is 0.464 e. The van der Waals surface area contributed by atoms with Gasteiger partial charge in [0, 0.05) is 0 Å². The van der Waals surface area contributed by atoms with E-state index in [1.807, 2.05) is 55.4 Å². The Kier molecular flexibility index (Phi) is 81.8. The van der Waals surface area contributed by atoms with Gasteiger partial charge in [0.1, 0.15) is 19.8 Å². The average molecular weight is 409 g/mol. The number of carbonyl (C=O) groups is 3. The molecule has 0 rings (SSSR count). The summed E-state index contributed by atoms with van der Waals surface area (Å²) in [4.78, 5) is 31.7. The monoisotopic (exact) mass is 408 g/mol. The molecule has 0 radical (unpaired) electrons. The van der Waals surface area contributed by atoms with Gasteiger partial charge in [0.2, 0.25) is 0 Å². The van der Waals surface area contributed by atoms with Crippen molar-refractivity contribution in [2.75, 3.05) is 19.8 Å². The van der Waals surface area contributed by atoms with Crippen LogP contribution in [0.1, 0.15) is 94.9 Å². The van der Waals surface area contributed by atoms with E-state index in [-0.39, 0.29) is 39.1 Å². The SMILES string of the molecule is C=CCOC(=O)CCC(=O)OCCOC=O.CC.CC.CC.CC.CCCC. The third kappa shape index (κ3) is 64.6. The van der Waals surface area contributed by atoms with Crippen molar-refractivity contribution in [3.8, 4) is 0 Å². The zero-order valence-corrected chi connectivity index (χ0v) is 20.3. The van der Waals surface area contributed by atoms with E-state index < -0.39 is 11.9 Å². The predicted molar refractivity (Wildman–Crippen MR) is 119 cm³/mol. The summed E-state index contributed by atoms with van der Waals surface area (Å²) in [5, 5.41) is 0. The molecule has 6 heteroatoms. The topological polar surface area (TPSA) is 78.9 Å². The van der Waals surface area contributed by atoms with Crippen LogP contribution in [-0.2, 0) is 28.6 Å². The molecule has 0 fully saturated rings. The first-order chi connectivity index (χ1) is 13.6. The standard InChI is InChI=1S/C10H14O6.C4H10.4C2H6/c1-2-5-15-9(12)3-4-10(13)16-7-6-14-8-11;1-3-4-2;4*1-2/h2,8H,1,3-7H2;3-4H2,1-2H3;4*1-2H3. The summed E-state index contributed by atoms with van der Waals surface area (Å²) in [6.07, 6.45) is 3.98. The molecule has 0 aliphatic heterocycles. The minimum Gasteiger partial charge on any atom is -0.464 e. The Labute approximate surface area is 175 Å². The summed E-state index contributed by atoms with van der Waals surface area (Å²) in [5.41, 5.74) is 0. The van der Waals surface area contributed by atoms with E-state index in [9.17, 15) is 14.4 Å². The lowest BCUT2D eigenvalue weighted by atomic mass is 10.3. The highest BCUT2D eigenvalue weighted by molar-refractivity contribution is 5.77. The quantitative estimate of drug-likeness (QED) is 0.142. The van der Waals surface area contributed by atoms with E-state index in [0.29, 0.717) is 0 Å². The van der Waals surface area contributed by atoms with Gasteiger partial charge < -0.3 is 14.2 Å². The van der Waals surface area contributed by atoms with E-state index in [0.717, 1.165) is 0 Å². The van der Waals surface area contributed by atoms with Crippen molar-refractivity contribution in [1.82, 2.24) is 0 Å². The van der Waals surface area contributed by atoms with Crippen molar-refractivity contribution in [2.24, 2.45) is 0 Å². The molecule has 0 aromatic rings. The van der Waals surface area contributed by atoms with Crippen LogP contribution >= 0.6 is 0 Å². The van der Waals surface area contributed by atoms with Crippen LogP contribution in [0.5, 0.6) is 0 Å². The molecule has 0 bridgehead atoms. The van der Waals surface area contributed by atoms with Crippen molar-refractivity contribution in [3.05, 3.63) is 12.7 Å². The fourth-order valence-corrected chi connectivity index (χ4v) is 0.752. The number of unbranched alkanes of at least 4 members (excludes halogenated alkanes) is 1. The van der Waals surface area contributed by atoms with Gasteiger partial charge in [-0.1, -0.05) is 94.7 Å². The number of esters is 2. The van der Waals surface area contributed by atoms with Gasteiger partial charge in [-0.05, 0) is 0 Å². The molecule has 172 valence electrons. The Morgan fingerprint density at radius 3 is 1.46 bits per heavy atom. The Morgan fingerprint density at radius 1 is 0.750 bits per heavy atom. The number of carbonyl (C=O) groups excluding carboxylic acids is 3. The summed E-state index contributed by atoms with van der Waals surface area (Å²) in [6, 6.07) is 0. The minimum absolute atomic E-state index is 0.0101. The molecule has 0 saturated carbocycles. The molecule has 0 aliphatic rings. The molecule has 0 atom stereocenters. The third-order valence-electron chi connectivity index (χ3n) is 1.93. The van der Waals surface area contributed by atoms with E-state index in [1.54, 1.807) is 0 Å². The maximum Gasteiger partial charge on any atom is 0.306 e. The molecule has 0 aromatic heterocycles. The molecule has 0 heterocycles. The van der Waals surface area contributed by atoms with Crippen molar-refractivity contribution >= 4 is 18.4 Å². The highest BCUT2D eigenvalue weighted by atomic mass is 16.6. The number of ether oxygens (including phenoxy) is 3. The van der Waals surface area contributed by atoms with Gasteiger partial charge in [0.15, 0.2) is 0 Å². The first-order valence-electron chi connectivity index (χ1n) is 10.6. The summed E-state index contributed by atoms with van der Waals surface area (Å²) >= 11 is 0. The summed E-state index contributed by atoms with van der Waals surface area (Å²) in [7, 11) is 0. The lowest BCUT2D eigenvalue weighted by Crippen LogP contribution is -2.13. The Bertz CT molecular complexity index is 276. The van der Waals surface area contributed by atoms with Gasteiger partial charge in [-0.3, -0.25) is 14.4 Å². The zero-order chi connectivity index (χ0) is 23.6. The Hall–Kier alpha value is -1.85. The van der Waals surface area contributed by atoms with E-state index in [1.165, 1.54) is 18.9 Å². The molecule has 0 amide bonds. The van der Waals surface area contributed by atoms with Crippen molar-refractivity contribution in [2.45, 2.75) is 94.9 Å². The van der Waals surface area contributed by atoms with Gasteiger partial charge in [0.25, 0.3) is 6.47 Å². The molecule has 0 spiro atoms. The van der Waals surface area contributed by atoms with Crippen molar-refractivity contribution in [1.29, 1.82) is 0 Å². The average Bonchev–Trinajstić information content (AvgIpc) is 2.79. The highest BCUT2D eigenvalue weighted by Crippen LogP contribution is 1.96. The minimum atomic E-state index is -0.537. The smallest absolute Gasteiger partial charge is 0.306 e. The Balaban J connectivity index is -0.0000000841. The van der Waals surface area contributed by atoms with Crippen LogP contribution in [0.25, 0.3) is 0 Å². The normalized spacial score (nSPS) is 7.07. The second-order valence-corrected chi connectivity index (χ2v) is 3.66. The van der Waals surface area contributed by atoms with Crippen LogP contribution in [0.15, 0.2) is 12.7 Å². The van der Waals surface area contributed by atoms with Gasteiger partial charge in [-0.25, -0.2) is 0 Å². The highest BCUT2D eigenvalue weighted by Gasteiger charge is 2.08. The fourth-order valence-electron chi connectivity index (χ4n) is 0.752. The second kappa shape index (κ2) is 56.2. The van der Waals surface area contributed by atoms with Crippen molar-refractivity contribution in [3.63, 3.8) is 0 Å². The van der Waals surface area contributed by atoms with Crippen LogP contribution in [0.3, 0.4) is 0 Å². The summed E-state index contributed by atoms with van der Waals surface area (Å²) in [6.45, 7) is 24.1. The van der Waals surface area contributed by atoms with Crippen LogP contribution in [0.4, 0.5) is 0 Å². The van der Waals surface area contributed by atoms with Gasteiger partial charge >= 0.3 is 11.9 Å². The number of hydrogen-bond acceptors (Lipinski definition) is 6. The van der Waals surface area contributed by atoms with Gasteiger partial charge in [-0.2, -0.15) is 0 Å². The number of hydrogen-bond donors (Lipinski definition) is 0. The predicted octanol–water partition coefficient (Wildman–Crippen LogP) is 6.12. The van der Waals surface area contributed by atoms with Crippen LogP contribution in [0, 0.1) is 0 Å². The first-order valence-corrected chi connectivity index (χ1v) is 10.6. The van der Waals surface area contributed by atoms with Crippen molar-refractivity contribution < 1.29 is 28.6 Å². The maximum atomic E-state index is 11.0. The summed E-state index contributed by atoms with van der Waals surface area (Å²) < 4.78 is 13.6. The lowest BCUT2D eigenvalue weighted by molar-refractivity contribution is -0.151. The zero-order valence-electron chi connectivity index (χ0n) is 20.3. The van der Waals surface area contributed by atoms with Crippen LogP contribution in [-0.4, -0.2) is 38.2 Å².